The third-order valence-corrected chi connectivity index (χ3v) is 4.53. The molecule has 0 unspecified atom stereocenters. The number of rotatable bonds is 8. The molecule has 8 nitrogen and oxygen atoms in total. The van der Waals surface area contributed by atoms with E-state index in [2.05, 4.69) is 18.6 Å². The molecule has 29 heavy (non-hydrogen) atoms. The van der Waals surface area contributed by atoms with Gasteiger partial charge in [0.15, 0.2) is 12.4 Å². The summed E-state index contributed by atoms with van der Waals surface area (Å²) in [5, 5.41) is 11.0. The molecule has 2 aromatic carbocycles. The van der Waals surface area contributed by atoms with E-state index in [-0.39, 0.29) is 11.1 Å². The molecule has 0 aliphatic rings. The third-order valence-electron chi connectivity index (χ3n) is 4.53. The van der Waals surface area contributed by atoms with Gasteiger partial charge in [-0.3, -0.25) is 14.9 Å². The van der Waals surface area contributed by atoms with Crippen LogP contribution in [0.2, 0.25) is 0 Å². The number of carbonyl (C=O) groups excluding carboxylic acids is 3. The molecule has 0 aliphatic carbocycles. The molecule has 0 aromatic heterocycles. The van der Waals surface area contributed by atoms with E-state index in [0.29, 0.717) is 11.5 Å². The zero-order valence-electron chi connectivity index (χ0n) is 16.3. The summed E-state index contributed by atoms with van der Waals surface area (Å²) in [6, 6.07) is 10.1. The Hall–Kier alpha value is -3.55. The molecular weight excluding hydrogens is 378 g/mol. The molecule has 2 aromatic rings. The molecule has 152 valence electrons. The zero-order valence-corrected chi connectivity index (χ0v) is 16.3. The summed E-state index contributed by atoms with van der Waals surface area (Å²) in [5.74, 6) is -1.83. The van der Waals surface area contributed by atoms with Crippen LogP contribution < -0.4 is 0 Å². The van der Waals surface area contributed by atoms with Gasteiger partial charge in [0.25, 0.3) is 5.69 Å². The molecule has 1 atom stereocenters. The van der Waals surface area contributed by atoms with E-state index >= 15 is 0 Å². The highest BCUT2D eigenvalue weighted by Crippen LogP contribution is 2.20. The Labute approximate surface area is 167 Å². The van der Waals surface area contributed by atoms with Crippen LogP contribution in [0.5, 0.6) is 0 Å². The second-order valence-electron chi connectivity index (χ2n) is 6.45. The first-order valence-corrected chi connectivity index (χ1v) is 8.94. The van der Waals surface area contributed by atoms with Crippen LogP contribution in [0, 0.1) is 10.1 Å². The Morgan fingerprint density at radius 1 is 1.00 bits per heavy atom. The monoisotopic (exact) mass is 399 g/mol. The van der Waals surface area contributed by atoms with E-state index in [9.17, 15) is 24.5 Å². The molecule has 8 heteroatoms. The van der Waals surface area contributed by atoms with Crippen molar-refractivity contribution in [2.45, 2.75) is 26.2 Å². The number of hydrogen-bond donors (Lipinski definition) is 0. The average molecular weight is 399 g/mol. The first-order chi connectivity index (χ1) is 13.8. The summed E-state index contributed by atoms with van der Waals surface area (Å²) in [6.45, 7) is 3.63. The predicted molar refractivity (Wildman–Crippen MR) is 104 cm³/mol. The topological polar surface area (TPSA) is 113 Å². The lowest BCUT2D eigenvalue weighted by molar-refractivity contribution is -0.384. The van der Waals surface area contributed by atoms with Crippen LogP contribution >= 0.6 is 0 Å². The number of carbonyl (C=O) groups is 3. The quantitative estimate of drug-likeness (QED) is 0.286. The lowest BCUT2D eigenvalue weighted by Gasteiger charge is -2.10. The van der Waals surface area contributed by atoms with Crippen LogP contribution in [0.4, 0.5) is 5.69 Å². The van der Waals surface area contributed by atoms with E-state index in [0.717, 1.165) is 37.3 Å². The van der Waals surface area contributed by atoms with Crippen LogP contribution in [0.25, 0.3) is 0 Å². The smallest absolute Gasteiger partial charge is 0.338 e. The summed E-state index contributed by atoms with van der Waals surface area (Å²) < 4.78 is 9.51. The maximum atomic E-state index is 12.3. The van der Waals surface area contributed by atoms with Crippen LogP contribution in [-0.4, -0.2) is 36.4 Å². The van der Waals surface area contributed by atoms with Crippen molar-refractivity contribution in [3.8, 4) is 0 Å². The summed E-state index contributed by atoms with van der Waals surface area (Å²) in [5.41, 5.74) is 0.638. The molecule has 0 spiro atoms. The second-order valence-corrected chi connectivity index (χ2v) is 6.45. The largest absolute Gasteiger partial charge is 0.465 e. The fraction of sp³-hybridized carbons (Fsp3) is 0.286. The number of benzene rings is 2. The van der Waals surface area contributed by atoms with Gasteiger partial charge in [-0.2, -0.15) is 0 Å². The van der Waals surface area contributed by atoms with Crippen LogP contribution in [0.3, 0.4) is 0 Å². The molecule has 0 bridgehead atoms. The normalized spacial score (nSPS) is 11.4. The highest BCUT2D eigenvalue weighted by Gasteiger charge is 2.20. The fourth-order valence-electron chi connectivity index (χ4n) is 2.60. The number of nitro benzene ring substituents is 1. The highest BCUT2D eigenvalue weighted by atomic mass is 16.6. The van der Waals surface area contributed by atoms with E-state index in [1.165, 1.54) is 0 Å². The van der Waals surface area contributed by atoms with Gasteiger partial charge in [-0.25, -0.2) is 9.59 Å². The van der Waals surface area contributed by atoms with Gasteiger partial charge < -0.3 is 9.47 Å². The third kappa shape index (κ3) is 5.47. The van der Waals surface area contributed by atoms with Crippen molar-refractivity contribution in [2.75, 3.05) is 13.7 Å². The Bertz CT molecular complexity index is 935. The zero-order chi connectivity index (χ0) is 21.6. The molecule has 0 radical (unpaired) electrons. The lowest BCUT2D eigenvalue weighted by atomic mass is 9.97. The number of Topliss-reactive ketones (excluding diaryl/α,β-unsaturated/α-hetero) is 1. The van der Waals surface area contributed by atoms with Gasteiger partial charge in [0.2, 0.25) is 0 Å². The summed E-state index contributed by atoms with van der Waals surface area (Å²) in [6.07, 6.45) is 0.974. The molecule has 0 aliphatic heterocycles. The van der Waals surface area contributed by atoms with Gasteiger partial charge in [-0.05, 0) is 24.0 Å². The van der Waals surface area contributed by atoms with Crippen molar-refractivity contribution in [1.82, 2.24) is 0 Å². The van der Waals surface area contributed by atoms with Crippen molar-refractivity contribution in [2.24, 2.45) is 0 Å². The Kier molecular flexibility index (Phi) is 7.19. The van der Waals surface area contributed by atoms with E-state index in [1.807, 2.05) is 12.1 Å². The standard InChI is InChI=1S/C21H21NO7/c1-4-13(2)14-5-7-15(8-6-14)19(23)12-29-21(25)17-9-16(20(24)28-3)10-18(11-17)22(26)27/h5-11,13H,4,12H2,1-3H3/t13-/m0/s1. The van der Waals surface area contributed by atoms with E-state index in [1.54, 1.807) is 12.1 Å². The molecule has 0 saturated heterocycles. The Balaban J connectivity index is 2.12. The summed E-state index contributed by atoms with van der Waals surface area (Å²) >= 11 is 0. The predicted octanol–water partition coefficient (Wildman–Crippen LogP) is 3.93. The van der Waals surface area contributed by atoms with Crippen molar-refractivity contribution < 1.29 is 28.8 Å². The molecule has 0 heterocycles. The Morgan fingerprint density at radius 2 is 1.59 bits per heavy atom. The van der Waals surface area contributed by atoms with Gasteiger partial charge in [-0.1, -0.05) is 38.1 Å². The maximum Gasteiger partial charge on any atom is 0.338 e. The summed E-state index contributed by atoms with van der Waals surface area (Å²) in [4.78, 5) is 46.5. The average Bonchev–Trinajstić information content (AvgIpc) is 2.75. The van der Waals surface area contributed by atoms with Crippen molar-refractivity contribution in [1.29, 1.82) is 0 Å². The minimum absolute atomic E-state index is 0.166. The van der Waals surface area contributed by atoms with Gasteiger partial charge in [0, 0.05) is 17.7 Å². The molecule has 0 saturated carbocycles. The first kappa shape index (κ1) is 21.7. The number of nitro groups is 1. The number of ether oxygens (including phenoxy) is 2. The van der Waals surface area contributed by atoms with Crippen LogP contribution in [0.15, 0.2) is 42.5 Å². The molecule has 0 fully saturated rings. The van der Waals surface area contributed by atoms with Gasteiger partial charge in [0.05, 0.1) is 23.2 Å². The van der Waals surface area contributed by atoms with Gasteiger partial charge in [-0.15, -0.1) is 0 Å². The van der Waals surface area contributed by atoms with Crippen molar-refractivity contribution >= 4 is 23.4 Å². The van der Waals surface area contributed by atoms with Crippen LogP contribution in [-0.2, 0) is 9.47 Å². The first-order valence-electron chi connectivity index (χ1n) is 8.94. The van der Waals surface area contributed by atoms with E-state index in [4.69, 9.17) is 4.74 Å². The van der Waals surface area contributed by atoms with Crippen LogP contribution in [0.1, 0.15) is 62.8 Å². The van der Waals surface area contributed by atoms with Gasteiger partial charge in [0.1, 0.15) is 0 Å². The number of nitrogens with zero attached hydrogens (tertiary/aromatic N) is 1. The molecular formula is C21H21NO7. The number of esters is 2. The number of non-ortho nitro benzene ring substituents is 1. The second kappa shape index (κ2) is 9.59. The highest BCUT2D eigenvalue weighted by molar-refractivity contribution is 6.00. The Morgan fingerprint density at radius 3 is 2.10 bits per heavy atom. The summed E-state index contributed by atoms with van der Waals surface area (Å²) in [7, 11) is 1.12. The molecule has 0 amide bonds. The van der Waals surface area contributed by atoms with Gasteiger partial charge >= 0.3 is 11.9 Å². The minimum Gasteiger partial charge on any atom is -0.465 e. The SMILES string of the molecule is CC[C@H](C)c1ccc(C(=O)COC(=O)c2cc(C(=O)OC)cc([N+](=O)[O-])c2)cc1. The lowest BCUT2D eigenvalue weighted by Crippen LogP contribution is -2.15. The maximum absolute atomic E-state index is 12.3. The van der Waals surface area contributed by atoms with Crippen molar-refractivity contribution in [3.05, 3.63) is 74.8 Å². The number of ketones is 1. The number of methoxy groups -OCH3 is 1. The molecule has 0 N–H and O–H groups in total. The van der Waals surface area contributed by atoms with Crippen molar-refractivity contribution in [3.63, 3.8) is 0 Å². The van der Waals surface area contributed by atoms with E-state index < -0.39 is 34.9 Å². The number of hydrogen-bond acceptors (Lipinski definition) is 7. The minimum atomic E-state index is -0.955. The fourth-order valence-corrected chi connectivity index (χ4v) is 2.60. The molecule has 2 rings (SSSR count).